The van der Waals surface area contributed by atoms with E-state index in [1.807, 2.05) is 60.1 Å². The van der Waals surface area contributed by atoms with Crippen molar-refractivity contribution in [1.29, 1.82) is 0 Å². The highest BCUT2D eigenvalue weighted by atomic mass is 14.9. The van der Waals surface area contributed by atoms with Gasteiger partial charge in [0.1, 0.15) is 28.2 Å². The summed E-state index contributed by atoms with van der Waals surface area (Å²) < 4.78 is 32.8. The number of aryl methyl sites for hydroxylation is 9. The third-order valence-electron chi connectivity index (χ3n) is 28.3. The van der Waals surface area contributed by atoms with Crippen molar-refractivity contribution < 1.29 is 22.4 Å². The normalized spacial score (nSPS) is 16.9. The van der Waals surface area contributed by atoms with Crippen LogP contribution in [0.25, 0.3) is 101 Å². The molecule has 5 aliphatic rings. The van der Waals surface area contributed by atoms with Crippen LogP contribution in [-0.2, 0) is 41.0 Å². The SMILES string of the molecule is Cc1ccccc1-c1cc(-c2ccc(C3CCC4(CCCC4)CC3)cc2)cc[n+]1C.Cc1ccccc1-c1cc(-c2ccc(CC3CCC(C)(C)CC3)cc2)cc[n+]1C.Cc1ccccc1-c1cc(-c2ccc(CC3CCC4(CCCCC4)CC3)cc2)cc[n+]1C.[2H]C([2H])([2H])c1c[n+](C)c(-c2ccccc2C)cc1-c1ccc(-c2ccccc2)cc1. The predicted molar refractivity (Wildman–Crippen MR) is 496 cm³/mol. The second-order valence-corrected chi connectivity index (χ2v) is 37.1. The van der Waals surface area contributed by atoms with Gasteiger partial charge in [-0.2, -0.15) is 0 Å². The Hall–Kier alpha value is -10.4. The molecule has 0 atom stereocenters. The summed E-state index contributed by atoms with van der Waals surface area (Å²) in [7, 11) is 8.30. The van der Waals surface area contributed by atoms with E-state index in [-0.39, 0.29) is 0 Å². The van der Waals surface area contributed by atoms with Crippen LogP contribution >= 0.6 is 0 Å². The van der Waals surface area contributed by atoms with E-state index in [1.165, 1.54) is 243 Å². The van der Waals surface area contributed by atoms with Gasteiger partial charge in [0.2, 0.25) is 22.8 Å². The van der Waals surface area contributed by atoms with Crippen LogP contribution in [0.2, 0.25) is 0 Å². The highest BCUT2D eigenvalue weighted by molar-refractivity contribution is 5.77. The molecule has 602 valence electrons. The van der Waals surface area contributed by atoms with E-state index >= 15 is 0 Å². The third kappa shape index (κ3) is 20.1. The first-order chi connectivity index (χ1) is 58.5. The summed E-state index contributed by atoms with van der Waals surface area (Å²) in [5.74, 6) is 2.51. The molecule has 4 heteroatoms. The second-order valence-electron chi connectivity index (χ2n) is 37.1. The van der Waals surface area contributed by atoms with Crippen LogP contribution in [-0.4, -0.2) is 0 Å². The molecule has 0 N–H and O–H groups in total. The van der Waals surface area contributed by atoms with Gasteiger partial charge in [0, 0.05) is 74.4 Å². The van der Waals surface area contributed by atoms with Crippen LogP contribution in [0.15, 0.2) is 292 Å². The van der Waals surface area contributed by atoms with Gasteiger partial charge >= 0.3 is 0 Å². The van der Waals surface area contributed by atoms with Crippen LogP contribution in [0, 0.1) is 62.6 Å². The molecular weight excluding hydrogens is 1430 g/mol. The number of pyridine rings is 4. The number of benzene rings is 9. The lowest BCUT2D eigenvalue weighted by molar-refractivity contribution is -0.660. The average Bonchev–Trinajstić information content (AvgIpc) is 1.18. The number of hydrogen-bond acceptors (Lipinski definition) is 0. The summed E-state index contributed by atoms with van der Waals surface area (Å²) in [6.45, 7) is 11.3. The first kappa shape index (κ1) is 78.7. The van der Waals surface area contributed by atoms with Gasteiger partial charge in [-0.15, -0.1) is 0 Å². The molecule has 0 amide bonds. The quantitative estimate of drug-likeness (QED) is 0.0965. The van der Waals surface area contributed by atoms with E-state index in [9.17, 15) is 0 Å². The molecule has 9 aromatic carbocycles. The van der Waals surface area contributed by atoms with Crippen LogP contribution in [0.3, 0.4) is 0 Å². The zero-order chi connectivity index (χ0) is 84.3. The minimum atomic E-state index is -2.20. The molecule has 0 aliphatic heterocycles. The van der Waals surface area contributed by atoms with Gasteiger partial charge in [-0.25, -0.2) is 18.3 Å². The van der Waals surface area contributed by atoms with Crippen LogP contribution in [0.4, 0.5) is 0 Å². The van der Waals surface area contributed by atoms with E-state index in [0.29, 0.717) is 11.0 Å². The van der Waals surface area contributed by atoms with E-state index in [2.05, 4.69) is 313 Å². The van der Waals surface area contributed by atoms with Gasteiger partial charge in [-0.05, 0) is 303 Å². The Balaban J connectivity index is 0.000000126. The number of aromatic nitrogens is 4. The zero-order valence-corrected chi connectivity index (χ0v) is 72.5. The first-order valence-corrected chi connectivity index (χ1v) is 44.7. The van der Waals surface area contributed by atoms with Crippen molar-refractivity contribution in [1.82, 2.24) is 0 Å². The van der Waals surface area contributed by atoms with Crippen LogP contribution in [0.5, 0.6) is 0 Å². The van der Waals surface area contributed by atoms with Crippen molar-refractivity contribution in [2.75, 3.05) is 0 Å². The van der Waals surface area contributed by atoms with Crippen molar-refractivity contribution in [3.8, 4) is 101 Å². The summed E-state index contributed by atoms with van der Waals surface area (Å²) in [5.41, 5.74) is 33.5. The maximum Gasteiger partial charge on any atom is 0.213 e. The lowest BCUT2D eigenvalue weighted by atomic mass is 9.63. The van der Waals surface area contributed by atoms with E-state index in [0.717, 1.165) is 67.7 Å². The molecule has 0 unspecified atom stereocenters. The molecule has 13 aromatic rings. The largest absolute Gasteiger partial charge is 0.213 e. The molecule has 5 saturated carbocycles. The molecule has 4 heterocycles. The van der Waals surface area contributed by atoms with Gasteiger partial charge in [0.25, 0.3) is 0 Å². The summed E-state index contributed by atoms with van der Waals surface area (Å²) in [5, 5.41) is 0. The topological polar surface area (TPSA) is 15.5 Å². The third-order valence-corrected chi connectivity index (χ3v) is 28.3. The zero-order valence-electron chi connectivity index (χ0n) is 75.5. The van der Waals surface area contributed by atoms with E-state index < -0.39 is 6.85 Å². The molecule has 2 spiro atoms. The van der Waals surface area contributed by atoms with Crippen LogP contribution < -0.4 is 18.3 Å². The van der Waals surface area contributed by atoms with E-state index in [1.54, 1.807) is 11.8 Å². The van der Waals surface area contributed by atoms with Crippen molar-refractivity contribution in [2.45, 2.75) is 202 Å². The first-order valence-electron chi connectivity index (χ1n) is 46.2. The highest BCUT2D eigenvalue weighted by Crippen LogP contribution is 2.53. The summed E-state index contributed by atoms with van der Waals surface area (Å²) in [4.78, 5) is 0. The number of rotatable bonds is 14. The fourth-order valence-corrected chi connectivity index (χ4v) is 20.5. The van der Waals surface area contributed by atoms with Gasteiger partial charge in [-0.1, -0.05) is 246 Å². The summed E-state index contributed by atoms with van der Waals surface area (Å²) >= 11 is 0. The Bertz CT molecular complexity index is 5620. The van der Waals surface area contributed by atoms with Gasteiger partial charge in [0.05, 0.1) is 0 Å². The molecule has 4 nitrogen and oxygen atoms in total. The molecular formula is C114H130N4+4. The number of nitrogens with zero attached hydrogens (tertiary/aromatic N) is 4. The highest BCUT2D eigenvalue weighted by Gasteiger charge is 2.39. The maximum absolute atomic E-state index is 8.07. The molecule has 5 fully saturated rings. The van der Waals surface area contributed by atoms with Gasteiger partial charge in [0.15, 0.2) is 24.8 Å². The lowest BCUT2D eigenvalue weighted by Crippen LogP contribution is -2.31. The lowest BCUT2D eigenvalue weighted by Gasteiger charge is -2.43. The minimum Gasteiger partial charge on any atom is -0.201 e. The molecule has 0 saturated heterocycles. The Kier molecular flexibility index (Phi) is 25.1. The van der Waals surface area contributed by atoms with Crippen molar-refractivity contribution in [2.24, 2.45) is 56.3 Å². The molecule has 18 rings (SSSR count). The maximum atomic E-state index is 8.07. The Morgan fingerprint density at radius 1 is 0.288 bits per heavy atom. The Morgan fingerprint density at radius 2 is 0.610 bits per heavy atom. The minimum absolute atomic E-state index is 0.356. The van der Waals surface area contributed by atoms with Crippen molar-refractivity contribution in [3.05, 3.63) is 336 Å². The summed E-state index contributed by atoms with van der Waals surface area (Å²) in [6, 6.07) is 96.3. The smallest absolute Gasteiger partial charge is 0.201 e. The average molecular weight is 1560 g/mol. The molecule has 5 aliphatic carbocycles. The molecule has 4 aromatic heterocycles. The summed E-state index contributed by atoms with van der Waals surface area (Å²) in [6.07, 6.45) is 41.2. The fourth-order valence-electron chi connectivity index (χ4n) is 20.5. The predicted octanol–water partition coefficient (Wildman–Crippen LogP) is 28.2. The fraction of sp³-hybridized carbons (Fsp3) is 0.351. The monoisotopic (exact) mass is 1560 g/mol. The second kappa shape index (κ2) is 37.7. The molecule has 0 radical (unpaired) electrons. The molecule has 118 heavy (non-hydrogen) atoms. The van der Waals surface area contributed by atoms with E-state index in [4.69, 9.17) is 4.11 Å². The Morgan fingerprint density at radius 3 is 1.01 bits per heavy atom. The molecule has 0 bridgehead atoms. The number of hydrogen-bond donors (Lipinski definition) is 0. The van der Waals surface area contributed by atoms with Crippen LogP contribution in [0.1, 0.15) is 203 Å². The van der Waals surface area contributed by atoms with Gasteiger partial charge in [-0.3, -0.25) is 0 Å². The van der Waals surface area contributed by atoms with Crippen molar-refractivity contribution in [3.63, 3.8) is 0 Å². The van der Waals surface area contributed by atoms with Gasteiger partial charge < -0.3 is 0 Å². The Labute approximate surface area is 713 Å². The standard InChI is InChI=1S/C31H38N.C29H34N.C28H34N.C26H24N/c1-24-8-4-5-9-29(24)30-23-28(16-21-32(30)2)27-12-10-25(11-13-27)22-26-14-19-31(20-15-26)17-6-3-7-18-31;1-22-7-3-4-8-27(22)28-21-26(15-20-30(28)2)24-11-9-23(10-12-24)25-13-18-29(19-14-25)16-5-6-17-29;1-21-7-5-6-8-26(21)27-20-25(15-18-29(27)4)24-11-9-22(10-12-24)19-23-13-16-28(2,3)17-14-23;1-19-9-7-8-12-24(19)26-17-25(20(2)18-27(26)3)23-15-13-22(14-16-23)21-10-5-4-6-11-21/h4-5,8-13,16,21,23,26H,3,6-7,14-15,17-20,22H2,1-2H3;3-4,7-12,15,20-21,25H,5-6,13-14,16-19H2,1-2H3;5-12,15,18,20,23H,13-14,16-17,19H2,1-4H3;4-18H,1-3H3/q4*+1/i;;;2D3. The van der Waals surface area contributed by atoms with Crippen molar-refractivity contribution >= 4 is 0 Å².